The van der Waals surface area contributed by atoms with Crippen molar-refractivity contribution >= 4 is 6.03 Å². The van der Waals surface area contributed by atoms with Gasteiger partial charge in [0.1, 0.15) is 0 Å². The molecular weight excluding hydrogens is 402 g/mol. The van der Waals surface area contributed by atoms with Gasteiger partial charge in [0.15, 0.2) is 0 Å². The van der Waals surface area contributed by atoms with E-state index in [1.807, 2.05) is 0 Å². The molecule has 1 aromatic rings. The number of benzene rings is 1. The molecule has 7 nitrogen and oxygen atoms in total. The second kappa shape index (κ2) is 11.5. The summed E-state index contributed by atoms with van der Waals surface area (Å²) in [5, 5.41) is 6.12. The van der Waals surface area contributed by atoms with E-state index in [1.54, 1.807) is 0 Å². The number of nitrogens with zero attached hydrogens (tertiary/aromatic N) is 3. The summed E-state index contributed by atoms with van der Waals surface area (Å²) in [6.45, 7) is 15.9. The van der Waals surface area contributed by atoms with Crippen molar-refractivity contribution in [1.29, 1.82) is 0 Å². The molecule has 3 unspecified atom stereocenters. The van der Waals surface area contributed by atoms with Crippen LogP contribution in [0.1, 0.15) is 45.7 Å². The summed E-state index contributed by atoms with van der Waals surface area (Å²) in [4.78, 5) is 19.8. The third kappa shape index (κ3) is 7.17. The Bertz CT molecular complexity index is 704. The summed E-state index contributed by atoms with van der Waals surface area (Å²) in [6.07, 6.45) is 1.39. The van der Waals surface area contributed by atoms with E-state index in [-0.39, 0.29) is 23.8 Å². The Balaban J connectivity index is 1.39. The fourth-order valence-electron chi connectivity index (χ4n) is 4.84. The summed E-state index contributed by atoms with van der Waals surface area (Å²) >= 11 is 0. The molecule has 0 spiro atoms. The maximum Gasteiger partial charge on any atom is 0.314 e. The van der Waals surface area contributed by atoms with E-state index in [4.69, 9.17) is 4.74 Å². The van der Waals surface area contributed by atoms with Gasteiger partial charge in [-0.1, -0.05) is 30.3 Å². The lowest BCUT2D eigenvalue weighted by Gasteiger charge is -2.45. The molecule has 0 bridgehead atoms. The molecule has 3 rings (SSSR count). The number of carbonyl (C=O) groups is 1. The van der Waals surface area contributed by atoms with Gasteiger partial charge in [0.2, 0.25) is 0 Å². The van der Waals surface area contributed by atoms with Crippen LogP contribution in [0.3, 0.4) is 0 Å². The summed E-state index contributed by atoms with van der Waals surface area (Å²) in [5.41, 5.74) is 1.27. The molecule has 2 fully saturated rings. The minimum absolute atomic E-state index is 0.0783. The van der Waals surface area contributed by atoms with Crippen LogP contribution >= 0.6 is 0 Å². The number of hydrogen-bond donors (Lipinski definition) is 2. The van der Waals surface area contributed by atoms with E-state index in [9.17, 15) is 4.79 Å². The van der Waals surface area contributed by atoms with Crippen LogP contribution in [0.2, 0.25) is 0 Å². The molecule has 3 atom stereocenters. The Labute approximate surface area is 194 Å². The highest BCUT2D eigenvalue weighted by molar-refractivity contribution is 5.73. The number of hydrogen-bond acceptors (Lipinski definition) is 5. The molecule has 0 radical (unpaired) electrons. The standard InChI is InChI=1S/C25H43N5O2/c1-20-16-30(17-21(2)32-20)25(3,4)19-27-24(31)26-12-9-13-29-15-14-28(5)18-23(29)22-10-7-6-8-11-22/h6-8,10-11,20-21,23H,9,12-19H2,1-5H3,(H2,26,27,31). The van der Waals surface area contributed by atoms with Gasteiger partial charge in [-0.25, -0.2) is 4.79 Å². The van der Waals surface area contributed by atoms with Gasteiger partial charge in [-0.3, -0.25) is 9.80 Å². The molecule has 0 aromatic heterocycles. The summed E-state index contributed by atoms with van der Waals surface area (Å²) in [5.74, 6) is 0. The smallest absolute Gasteiger partial charge is 0.314 e. The SMILES string of the molecule is CC1CN(C(C)(C)CNC(=O)NCCCN2CCN(C)CC2c2ccccc2)CC(C)O1. The van der Waals surface area contributed by atoms with Gasteiger partial charge in [0.05, 0.1) is 12.2 Å². The maximum absolute atomic E-state index is 12.4. The number of urea groups is 1. The van der Waals surface area contributed by atoms with Crippen molar-refractivity contribution in [3.63, 3.8) is 0 Å². The van der Waals surface area contributed by atoms with Gasteiger partial charge in [0, 0.05) is 63.9 Å². The number of rotatable bonds is 8. The lowest BCUT2D eigenvalue weighted by molar-refractivity contribution is -0.0947. The van der Waals surface area contributed by atoms with E-state index in [0.717, 1.165) is 45.7 Å². The molecule has 2 N–H and O–H groups in total. The fourth-order valence-corrected chi connectivity index (χ4v) is 4.84. The molecule has 32 heavy (non-hydrogen) atoms. The summed E-state index contributed by atoms with van der Waals surface area (Å²) < 4.78 is 5.85. The molecule has 1 aromatic carbocycles. The zero-order valence-corrected chi connectivity index (χ0v) is 20.6. The molecule has 2 aliphatic rings. The monoisotopic (exact) mass is 445 g/mol. The van der Waals surface area contributed by atoms with Crippen LogP contribution in [0.4, 0.5) is 4.79 Å². The van der Waals surface area contributed by atoms with E-state index >= 15 is 0 Å². The van der Waals surface area contributed by atoms with Gasteiger partial charge in [-0.2, -0.15) is 0 Å². The van der Waals surface area contributed by atoms with E-state index in [1.165, 1.54) is 5.56 Å². The van der Waals surface area contributed by atoms with Crippen molar-refractivity contribution in [1.82, 2.24) is 25.3 Å². The first-order valence-electron chi connectivity index (χ1n) is 12.1. The van der Waals surface area contributed by atoms with Crippen molar-refractivity contribution < 1.29 is 9.53 Å². The van der Waals surface area contributed by atoms with Crippen LogP contribution in [-0.2, 0) is 4.74 Å². The van der Waals surface area contributed by atoms with Crippen molar-refractivity contribution in [2.24, 2.45) is 0 Å². The third-order valence-electron chi connectivity index (χ3n) is 6.74. The summed E-state index contributed by atoms with van der Waals surface area (Å²) in [7, 11) is 2.19. The molecule has 2 heterocycles. The molecule has 0 aliphatic carbocycles. The Morgan fingerprint density at radius 3 is 2.44 bits per heavy atom. The number of ether oxygens (including phenoxy) is 1. The van der Waals surface area contributed by atoms with Gasteiger partial charge in [0.25, 0.3) is 0 Å². The average molecular weight is 446 g/mol. The van der Waals surface area contributed by atoms with Crippen LogP contribution < -0.4 is 10.6 Å². The Morgan fingerprint density at radius 1 is 1.06 bits per heavy atom. The predicted molar refractivity (Wildman–Crippen MR) is 130 cm³/mol. The van der Waals surface area contributed by atoms with Gasteiger partial charge < -0.3 is 20.3 Å². The maximum atomic E-state index is 12.4. The molecular formula is C25H43N5O2. The van der Waals surface area contributed by atoms with Gasteiger partial charge in [-0.15, -0.1) is 0 Å². The third-order valence-corrected chi connectivity index (χ3v) is 6.74. The summed E-state index contributed by atoms with van der Waals surface area (Å²) in [6, 6.07) is 11.1. The van der Waals surface area contributed by atoms with E-state index in [2.05, 4.69) is 90.4 Å². The Kier molecular flexibility index (Phi) is 8.94. The number of piperazine rings is 1. The second-order valence-corrected chi connectivity index (χ2v) is 10.2. The van der Waals surface area contributed by atoms with Crippen molar-refractivity contribution in [3.8, 4) is 0 Å². The number of likely N-dealkylation sites (N-methyl/N-ethyl adjacent to an activating group) is 1. The van der Waals surface area contributed by atoms with Crippen molar-refractivity contribution in [2.75, 3.05) is 59.4 Å². The zero-order chi connectivity index (χ0) is 23.1. The van der Waals surface area contributed by atoms with Crippen LogP contribution in [-0.4, -0.2) is 97.9 Å². The molecule has 2 aliphatic heterocycles. The highest BCUT2D eigenvalue weighted by atomic mass is 16.5. The minimum atomic E-state index is -0.105. The highest BCUT2D eigenvalue weighted by Gasteiger charge is 2.33. The zero-order valence-electron chi connectivity index (χ0n) is 20.6. The topological polar surface area (TPSA) is 60.1 Å². The quantitative estimate of drug-likeness (QED) is 0.603. The van der Waals surface area contributed by atoms with Crippen LogP contribution in [0, 0.1) is 0 Å². The lowest BCUT2D eigenvalue weighted by Crippen LogP contribution is -2.59. The second-order valence-electron chi connectivity index (χ2n) is 10.2. The van der Waals surface area contributed by atoms with E-state index < -0.39 is 0 Å². The Morgan fingerprint density at radius 2 is 1.75 bits per heavy atom. The molecule has 7 heteroatoms. The first-order chi connectivity index (χ1) is 15.2. The number of nitrogens with one attached hydrogen (secondary N) is 2. The van der Waals surface area contributed by atoms with Crippen molar-refractivity contribution in [2.45, 2.75) is 57.9 Å². The number of morpholine rings is 1. The predicted octanol–water partition coefficient (Wildman–Crippen LogP) is 2.55. The highest BCUT2D eigenvalue weighted by Crippen LogP contribution is 2.24. The van der Waals surface area contributed by atoms with Crippen LogP contribution in [0.15, 0.2) is 30.3 Å². The van der Waals surface area contributed by atoms with Crippen LogP contribution in [0.25, 0.3) is 0 Å². The minimum Gasteiger partial charge on any atom is -0.373 e. The molecule has 0 saturated carbocycles. The largest absolute Gasteiger partial charge is 0.373 e. The van der Waals surface area contributed by atoms with Gasteiger partial charge in [-0.05, 0) is 46.7 Å². The van der Waals surface area contributed by atoms with Gasteiger partial charge >= 0.3 is 6.03 Å². The number of amides is 2. The molecule has 2 amide bonds. The van der Waals surface area contributed by atoms with E-state index in [0.29, 0.717) is 19.1 Å². The fraction of sp³-hybridized carbons (Fsp3) is 0.720. The number of carbonyl (C=O) groups excluding carboxylic acids is 1. The average Bonchev–Trinajstić information content (AvgIpc) is 2.76. The van der Waals surface area contributed by atoms with Crippen molar-refractivity contribution in [3.05, 3.63) is 35.9 Å². The molecule has 2 saturated heterocycles. The Hall–Kier alpha value is -1.67. The normalized spacial score (nSPS) is 26.1. The molecule has 180 valence electrons. The first-order valence-corrected chi connectivity index (χ1v) is 12.1. The lowest BCUT2D eigenvalue weighted by atomic mass is 10.00. The van der Waals surface area contributed by atoms with Crippen LogP contribution in [0.5, 0.6) is 0 Å². The first kappa shape index (κ1) is 25.0.